The van der Waals surface area contributed by atoms with Crippen molar-refractivity contribution in [2.24, 2.45) is 5.92 Å². The second-order valence-electron chi connectivity index (χ2n) is 4.53. The number of carbonyl (C=O) groups is 2. The molecule has 1 heterocycles. The van der Waals surface area contributed by atoms with Crippen molar-refractivity contribution in [2.45, 2.75) is 26.3 Å². The number of carboxylic acid groups (broad SMARTS) is 1. The van der Waals surface area contributed by atoms with Crippen molar-refractivity contribution in [1.29, 1.82) is 0 Å². The molecule has 1 unspecified atom stereocenters. The lowest BCUT2D eigenvalue weighted by Crippen LogP contribution is -2.46. The Morgan fingerprint density at radius 3 is 2.37 bits per heavy atom. The summed E-state index contributed by atoms with van der Waals surface area (Å²) < 4.78 is 4.68. The lowest BCUT2D eigenvalue weighted by atomic mass is 10.0. The van der Waals surface area contributed by atoms with Crippen LogP contribution < -0.4 is 4.90 Å². The van der Waals surface area contributed by atoms with Gasteiger partial charge in [0.05, 0.1) is 12.8 Å². The van der Waals surface area contributed by atoms with Gasteiger partial charge in [0.15, 0.2) is 0 Å². The molecule has 0 aliphatic rings. The van der Waals surface area contributed by atoms with Gasteiger partial charge in [0.2, 0.25) is 0 Å². The average Bonchev–Trinajstić information content (AvgIpc) is 2.38. The van der Waals surface area contributed by atoms with E-state index in [4.69, 9.17) is 0 Å². The third-order valence-electron chi connectivity index (χ3n) is 2.60. The lowest BCUT2D eigenvalue weighted by molar-refractivity contribution is -0.138. The SMILES string of the molecule is COC(=O)N(c1ccncc1)C(CC(C)C)C(=O)O. The maximum Gasteiger partial charge on any atom is 0.414 e. The number of rotatable bonds is 5. The van der Waals surface area contributed by atoms with Gasteiger partial charge in [-0.2, -0.15) is 0 Å². The zero-order valence-corrected chi connectivity index (χ0v) is 11.2. The molecular weight excluding hydrogens is 248 g/mol. The number of nitrogens with zero attached hydrogens (tertiary/aromatic N) is 2. The minimum Gasteiger partial charge on any atom is -0.480 e. The first-order chi connectivity index (χ1) is 8.97. The number of carboxylic acids is 1. The summed E-state index contributed by atoms with van der Waals surface area (Å²) in [6.45, 7) is 3.80. The lowest BCUT2D eigenvalue weighted by Gasteiger charge is -2.28. The molecule has 1 amide bonds. The van der Waals surface area contributed by atoms with Crippen LogP contribution in [0.5, 0.6) is 0 Å². The molecule has 1 rings (SSSR count). The van der Waals surface area contributed by atoms with Crippen molar-refractivity contribution in [3.05, 3.63) is 24.5 Å². The maximum absolute atomic E-state index is 11.9. The van der Waals surface area contributed by atoms with Crippen LogP contribution in [-0.2, 0) is 9.53 Å². The van der Waals surface area contributed by atoms with E-state index in [0.29, 0.717) is 12.1 Å². The highest BCUT2D eigenvalue weighted by atomic mass is 16.5. The van der Waals surface area contributed by atoms with Gasteiger partial charge in [-0.3, -0.25) is 9.88 Å². The van der Waals surface area contributed by atoms with E-state index in [2.05, 4.69) is 9.72 Å². The van der Waals surface area contributed by atoms with E-state index < -0.39 is 18.1 Å². The molecule has 1 aromatic rings. The van der Waals surface area contributed by atoms with E-state index in [1.54, 1.807) is 12.1 Å². The summed E-state index contributed by atoms with van der Waals surface area (Å²) in [5.41, 5.74) is 0.454. The Morgan fingerprint density at radius 2 is 1.95 bits per heavy atom. The smallest absolute Gasteiger partial charge is 0.414 e. The highest BCUT2D eigenvalue weighted by Crippen LogP contribution is 2.21. The summed E-state index contributed by atoms with van der Waals surface area (Å²) in [7, 11) is 1.23. The van der Waals surface area contributed by atoms with E-state index in [0.717, 1.165) is 4.90 Å². The van der Waals surface area contributed by atoms with E-state index in [9.17, 15) is 14.7 Å². The zero-order valence-electron chi connectivity index (χ0n) is 11.2. The Balaban J connectivity index is 3.14. The second-order valence-corrected chi connectivity index (χ2v) is 4.53. The zero-order chi connectivity index (χ0) is 14.4. The first-order valence-corrected chi connectivity index (χ1v) is 5.97. The largest absolute Gasteiger partial charge is 0.480 e. The molecule has 1 atom stereocenters. The molecule has 6 heteroatoms. The second kappa shape index (κ2) is 6.72. The van der Waals surface area contributed by atoms with Crippen LogP contribution in [0.25, 0.3) is 0 Å². The molecule has 0 bridgehead atoms. The van der Waals surface area contributed by atoms with Gasteiger partial charge in [-0.25, -0.2) is 9.59 Å². The van der Waals surface area contributed by atoms with Crippen LogP contribution >= 0.6 is 0 Å². The molecule has 0 saturated heterocycles. The topological polar surface area (TPSA) is 79.7 Å². The number of pyridine rings is 1. The molecule has 0 spiro atoms. The summed E-state index contributed by atoms with van der Waals surface area (Å²) in [6.07, 6.45) is 2.64. The summed E-state index contributed by atoms with van der Waals surface area (Å²) in [6, 6.07) is 2.19. The van der Waals surface area contributed by atoms with Crippen LogP contribution in [0, 0.1) is 5.92 Å². The molecule has 0 aromatic carbocycles. The van der Waals surface area contributed by atoms with Crippen LogP contribution in [0.15, 0.2) is 24.5 Å². The van der Waals surface area contributed by atoms with Crippen molar-refractivity contribution >= 4 is 17.7 Å². The van der Waals surface area contributed by atoms with Gasteiger partial charge < -0.3 is 9.84 Å². The van der Waals surface area contributed by atoms with Crippen LogP contribution in [0.2, 0.25) is 0 Å². The number of amides is 1. The minimum atomic E-state index is -1.06. The molecule has 0 radical (unpaired) electrons. The van der Waals surface area contributed by atoms with Crippen molar-refractivity contribution < 1.29 is 19.4 Å². The average molecular weight is 266 g/mol. The minimum absolute atomic E-state index is 0.134. The molecule has 1 aromatic heterocycles. The number of hydrogen-bond donors (Lipinski definition) is 1. The summed E-state index contributed by atoms with van der Waals surface area (Å²) in [4.78, 5) is 28.3. The molecule has 0 fully saturated rings. The molecule has 6 nitrogen and oxygen atoms in total. The highest BCUT2D eigenvalue weighted by Gasteiger charge is 2.32. The third-order valence-corrected chi connectivity index (χ3v) is 2.60. The molecule has 0 aliphatic carbocycles. The number of anilines is 1. The maximum atomic E-state index is 11.9. The fourth-order valence-electron chi connectivity index (χ4n) is 1.78. The van der Waals surface area contributed by atoms with Gasteiger partial charge in [0.25, 0.3) is 0 Å². The Kier molecular flexibility index (Phi) is 5.29. The standard InChI is InChI=1S/C13H18N2O4/c1-9(2)8-11(12(16)17)15(13(18)19-3)10-4-6-14-7-5-10/h4-7,9,11H,8H2,1-3H3,(H,16,17). The summed E-state index contributed by atoms with van der Waals surface area (Å²) >= 11 is 0. The Morgan fingerprint density at radius 1 is 1.37 bits per heavy atom. The monoisotopic (exact) mass is 266 g/mol. The van der Waals surface area contributed by atoms with Crippen molar-refractivity contribution in [2.75, 3.05) is 12.0 Å². The van der Waals surface area contributed by atoms with Gasteiger partial charge in [0.1, 0.15) is 6.04 Å². The van der Waals surface area contributed by atoms with Crippen LogP contribution in [0.1, 0.15) is 20.3 Å². The first-order valence-electron chi connectivity index (χ1n) is 5.97. The fraction of sp³-hybridized carbons (Fsp3) is 0.462. The molecule has 104 valence electrons. The van der Waals surface area contributed by atoms with Crippen LogP contribution in [0.3, 0.4) is 0 Å². The highest BCUT2D eigenvalue weighted by molar-refractivity contribution is 5.95. The van der Waals surface area contributed by atoms with Gasteiger partial charge >= 0.3 is 12.1 Å². The number of aliphatic carboxylic acids is 1. The number of hydrogen-bond acceptors (Lipinski definition) is 4. The summed E-state index contributed by atoms with van der Waals surface area (Å²) in [5, 5.41) is 9.33. The molecular formula is C13H18N2O4. The third kappa shape index (κ3) is 3.94. The van der Waals surface area contributed by atoms with Crippen molar-refractivity contribution in [3.8, 4) is 0 Å². The Hall–Kier alpha value is -2.11. The first kappa shape index (κ1) is 14.9. The molecule has 0 aliphatic heterocycles. The normalized spacial score (nSPS) is 12.0. The van der Waals surface area contributed by atoms with Crippen molar-refractivity contribution in [3.63, 3.8) is 0 Å². The van der Waals surface area contributed by atoms with Crippen LogP contribution in [0.4, 0.5) is 10.5 Å². The van der Waals surface area contributed by atoms with Crippen LogP contribution in [-0.4, -0.2) is 35.3 Å². The summed E-state index contributed by atoms with van der Waals surface area (Å²) in [5.74, 6) is -0.925. The molecule has 0 saturated carbocycles. The van der Waals surface area contributed by atoms with E-state index in [1.807, 2.05) is 13.8 Å². The predicted molar refractivity (Wildman–Crippen MR) is 70.0 cm³/mol. The molecule has 1 N–H and O–H groups in total. The predicted octanol–water partition coefficient (Wildman–Crippen LogP) is 2.15. The number of ether oxygens (including phenoxy) is 1. The molecule has 19 heavy (non-hydrogen) atoms. The Labute approximate surface area is 112 Å². The van der Waals surface area contributed by atoms with Gasteiger partial charge in [-0.05, 0) is 24.5 Å². The van der Waals surface area contributed by atoms with E-state index >= 15 is 0 Å². The quantitative estimate of drug-likeness (QED) is 0.883. The van der Waals surface area contributed by atoms with Gasteiger partial charge in [-0.15, -0.1) is 0 Å². The van der Waals surface area contributed by atoms with Gasteiger partial charge in [0, 0.05) is 12.4 Å². The number of carbonyl (C=O) groups excluding carboxylic acids is 1. The number of methoxy groups -OCH3 is 1. The van der Waals surface area contributed by atoms with E-state index in [-0.39, 0.29) is 5.92 Å². The van der Waals surface area contributed by atoms with E-state index in [1.165, 1.54) is 19.5 Å². The fourth-order valence-corrected chi connectivity index (χ4v) is 1.78. The van der Waals surface area contributed by atoms with Gasteiger partial charge in [-0.1, -0.05) is 13.8 Å². The van der Waals surface area contributed by atoms with Crippen molar-refractivity contribution in [1.82, 2.24) is 4.98 Å². The Bertz CT molecular complexity index is 434. The number of aromatic nitrogens is 1.